The number of rotatable bonds is 1. The normalized spacial score (nSPS) is 29.9. The molecule has 2 aliphatic rings. The van der Waals surface area contributed by atoms with Crippen LogP contribution in [0.3, 0.4) is 0 Å². The van der Waals surface area contributed by atoms with Crippen LogP contribution in [0, 0.1) is 10.8 Å². The van der Waals surface area contributed by atoms with Gasteiger partial charge in [-0.05, 0) is 18.3 Å². The minimum absolute atomic E-state index is 0.0375. The van der Waals surface area contributed by atoms with Crippen LogP contribution in [0.25, 0.3) is 0 Å². The Morgan fingerprint density at radius 3 is 1.81 bits per heavy atom. The van der Waals surface area contributed by atoms with Crippen molar-refractivity contribution in [3.8, 4) is 0 Å². The van der Waals surface area contributed by atoms with Gasteiger partial charge in [0.2, 0.25) is 5.91 Å². The summed E-state index contributed by atoms with van der Waals surface area (Å²) >= 11 is 0. The van der Waals surface area contributed by atoms with E-state index < -0.39 is 0 Å². The SMILES string of the molecule is CC(C)(C)C(C)(C)C(=O)N1C2CCCCC21. The summed E-state index contributed by atoms with van der Waals surface area (Å²) in [5.74, 6) is 0.372. The maximum atomic E-state index is 12.6. The molecule has 1 aliphatic carbocycles. The Bertz CT molecular complexity index is 288. The van der Waals surface area contributed by atoms with Crippen molar-refractivity contribution in [1.82, 2.24) is 4.90 Å². The fourth-order valence-electron chi connectivity index (χ4n) is 2.65. The van der Waals surface area contributed by atoms with Crippen molar-refractivity contribution in [1.29, 1.82) is 0 Å². The standard InChI is InChI=1S/C14H25NO/c1-13(2,3)14(4,5)12(16)15-10-8-6-7-9-11(10)15/h10-11H,6-9H2,1-5H3. The highest BCUT2D eigenvalue weighted by Crippen LogP contribution is 2.47. The Kier molecular flexibility index (Phi) is 2.60. The number of amides is 1. The molecule has 1 aliphatic heterocycles. The number of carbonyl (C=O) groups excluding carboxylic acids is 1. The lowest BCUT2D eigenvalue weighted by Crippen LogP contribution is -2.42. The van der Waals surface area contributed by atoms with Crippen molar-refractivity contribution < 1.29 is 4.79 Å². The number of fused-ring (bicyclic) bond motifs is 1. The van der Waals surface area contributed by atoms with Gasteiger partial charge in [0, 0.05) is 5.41 Å². The first-order valence-electron chi connectivity index (χ1n) is 6.59. The van der Waals surface area contributed by atoms with E-state index in [0.717, 1.165) is 0 Å². The first-order valence-corrected chi connectivity index (χ1v) is 6.59. The molecule has 2 fully saturated rings. The van der Waals surface area contributed by atoms with Crippen molar-refractivity contribution >= 4 is 5.91 Å². The molecule has 0 aromatic heterocycles. The van der Waals surface area contributed by atoms with E-state index >= 15 is 0 Å². The number of hydrogen-bond donors (Lipinski definition) is 0. The lowest BCUT2D eigenvalue weighted by molar-refractivity contribution is -0.141. The molecule has 2 heteroatoms. The topological polar surface area (TPSA) is 20.1 Å². The highest BCUT2D eigenvalue weighted by molar-refractivity contribution is 5.85. The lowest BCUT2D eigenvalue weighted by Gasteiger charge is -2.37. The number of hydrogen-bond acceptors (Lipinski definition) is 1. The second kappa shape index (κ2) is 3.48. The second-order valence-electron chi connectivity index (χ2n) is 7.01. The first-order chi connectivity index (χ1) is 7.27. The van der Waals surface area contributed by atoms with E-state index in [4.69, 9.17) is 0 Å². The zero-order valence-electron chi connectivity index (χ0n) is 11.3. The Morgan fingerprint density at radius 2 is 1.44 bits per heavy atom. The third-order valence-corrected chi connectivity index (χ3v) is 4.96. The average Bonchev–Trinajstić information content (AvgIpc) is 2.88. The van der Waals surface area contributed by atoms with Gasteiger partial charge < -0.3 is 4.90 Å². The van der Waals surface area contributed by atoms with Gasteiger partial charge in [0.15, 0.2) is 0 Å². The minimum atomic E-state index is -0.246. The first kappa shape index (κ1) is 11.9. The Balaban J connectivity index is 2.09. The number of nitrogens with zero attached hydrogens (tertiary/aromatic N) is 1. The Labute approximate surface area is 99.4 Å². The molecular weight excluding hydrogens is 198 g/mol. The monoisotopic (exact) mass is 223 g/mol. The molecule has 2 nitrogen and oxygen atoms in total. The molecule has 2 unspecified atom stereocenters. The zero-order chi connectivity index (χ0) is 12.1. The van der Waals surface area contributed by atoms with Crippen molar-refractivity contribution in [2.75, 3.05) is 0 Å². The molecule has 0 N–H and O–H groups in total. The smallest absolute Gasteiger partial charge is 0.229 e. The molecule has 0 bridgehead atoms. The molecule has 0 radical (unpaired) electrons. The summed E-state index contributed by atoms with van der Waals surface area (Å²) in [6.45, 7) is 10.7. The van der Waals surface area contributed by atoms with E-state index in [1.54, 1.807) is 0 Å². The summed E-state index contributed by atoms with van der Waals surface area (Å²) < 4.78 is 0. The number of likely N-dealkylation sites (tertiary alicyclic amines) is 1. The predicted molar refractivity (Wildman–Crippen MR) is 66.1 cm³/mol. The average molecular weight is 223 g/mol. The van der Waals surface area contributed by atoms with E-state index in [0.29, 0.717) is 18.0 Å². The fourth-order valence-corrected chi connectivity index (χ4v) is 2.65. The van der Waals surface area contributed by atoms with Crippen LogP contribution in [0.5, 0.6) is 0 Å². The molecule has 2 rings (SSSR count). The van der Waals surface area contributed by atoms with E-state index in [1.165, 1.54) is 25.7 Å². The van der Waals surface area contributed by atoms with Crippen LogP contribution in [-0.2, 0) is 4.79 Å². The number of carbonyl (C=O) groups is 1. The molecule has 92 valence electrons. The van der Waals surface area contributed by atoms with E-state index in [-0.39, 0.29) is 10.8 Å². The van der Waals surface area contributed by atoms with Crippen molar-refractivity contribution in [2.45, 2.75) is 72.4 Å². The Morgan fingerprint density at radius 1 is 1.00 bits per heavy atom. The second-order valence-corrected chi connectivity index (χ2v) is 7.01. The molecule has 0 spiro atoms. The summed E-state index contributed by atoms with van der Waals surface area (Å²) in [6.07, 6.45) is 5.08. The zero-order valence-corrected chi connectivity index (χ0v) is 11.3. The summed E-state index contributed by atoms with van der Waals surface area (Å²) in [6, 6.07) is 1.17. The molecule has 1 amide bonds. The lowest BCUT2D eigenvalue weighted by atomic mass is 9.68. The van der Waals surface area contributed by atoms with Crippen LogP contribution >= 0.6 is 0 Å². The van der Waals surface area contributed by atoms with Crippen LogP contribution in [0.15, 0.2) is 0 Å². The van der Waals surface area contributed by atoms with Gasteiger partial charge in [-0.25, -0.2) is 0 Å². The van der Waals surface area contributed by atoms with Gasteiger partial charge in [-0.1, -0.05) is 47.5 Å². The highest BCUT2D eigenvalue weighted by Gasteiger charge is 2.56. The van der Waals surface area contributed by atoms with Crippen LogP contribution in [0.2, 0.25) is 0 Å². The molecular formula is C14H25NO. The Hall–Kier alpha value is -0.530. The van der Waals surface area contributed by atoms with Crippen molar-refractivity contribution in [3.05, 3.63) is 0 Å². The van der Waals surface area contributed by atoms with Gasteiger partial charge in [-0.15, -0.1) is 0 Å². The third-order valence-electron chi connectivity index (χ3n) is 4.96. The predicted octanol–water partition coefficient (Wildman–Crippen LogP) is 3.21. The van der Waals surface area contributed by atoms with Crippen LogP contribution < -0.4 is 0 Å². The summed E-state index contributed by atoms with van der Waals surface area (Å²) in [7, 11) is 0. The highest BCUT2D eigenvalue weighted by atomic mass is 16.2. The van der Waals surface area contributed by atoms with E-state index in [2.05, 4.69) is 39.5 Å². The maximum absolute atomic E-state index is 12.6. The molecule has 1 saturated carbocycles. The largest absolute Gasteiger partial charge is 0.332 e. The van der Waals surface area contributed by atoms with E-state index in [1.807, 2.05) is 0 Å². The maximum Gasteiger partial charge on any atom is 0.229 e. The van der Waals surface area contributed by atoms with Gasteiger partial charge in [0.1, 0.15) is 0 Å². The summed E-state index contributed by atoms with van der Waals surface area (Å²) in [4.78, 5) is 14.7. The molecule has 2 atom stereocenters. The third kappa shape index (κ3) is 1.66. The van der Waals surface area contributed by atoms with Crippen molar-refractivity contribution in [3.63, 3.8) is 0 Å². The quantitative estimate of drug-likeness (QED) is 0.625. The fraction of sp³-hybridized carbons (Fsp3) is 0.929. The molecule has 0 aromatic carbocycles. The summed E-state index contributed by atoms with van der Waals surface area (Å²) in [5.41, 5.74) is -0.208. The van der Waals surface area contributed by atoms with Crippen LogP contribution in [0.1, 0.15) is 60.3 Å². The van der Waals surface area contributed by atoms with Gasteiger partial charge in [0.25, 0.3) is 0 Å². The van der Waals surface area contributed by atoms with Gasteiger partial charge in [-0.2, -0.15) is 0 Å². The van der Waals surface area contributed by atoms with Crippen LogP contribution in [-0.4, -0.2) is 22.9 Å². The summed E-state index contributed by atoms with van der Waals surface area (Å²) in [5, 5.41) is 0. The molecule has 16 heavy (non-hydrogen) atoms. The molecule has 0 aromatic rings. The minimum Gasteiger partial charge on any atom is -0.332 e. The van der Waals surface area contributed by atoms with Crippen LogP contribution in [0.4, 0.5) is 0 Å². The van der Waals surface area contributed by atoms with Gasteiger partial charge in [-0.3, -0.25) is 4.79 Å². The van der Waals surface area contributed by atoms with Gasteiger partial charge in [0.05, 0.1) is 12.1 Å². The molecule has 1 heterocycles. The molecule has 1 saturated heterocycles. The van der Waals surface area contributed by atoms with Crippen molar-refractivity contribution in [2.24, 2.45) is 10.8 Å². The van der Waals surface area contributed by atoms with Gasteiger partial charge >= 0.3 is 0 Å². The van der Waals surface area contributed by atoms with E-state index in [9.17, 15) is 4.79 Å².